The molecule has 0 radical (unpaired) electrons. The van der Waals surface area contributed by atoms with Crippen molar-refractivity contribution >= 4 is 5.97 Å². The van der Waals surface area contributed by atoms with Crippen molar-refractivity contribution in [1.82, 2.24) is 14.7 Å². The predicted molar refractivity (Wildman–Crippen MR) is 77.4 cm³/mol. The van der Waals surface area contributed by atoms with Gasteiger partial charge in [-0.3, -0.25) is 14.4 Å². The summed E-state index contributed by atoms with van der Waals surface area (Å²) in [5.74, 6) is -0.669. The average molecular weight is 279 g/mol. The zero-order valence-electron chi connectivity index (χ0n) is 12.5. The lowest BCUT2D eigenvalue weighted by atomic mass is 9.90. The van der Waals surface area contributed by atoms with Gasteiger partial charge in [0, 0.05) is 24.8 Å². The highest BCUT2D eigenvalue weighted by Crippen LogP contribution is 2.35. The zero-order chi connectivity index (χ0) is 14.6. The minimum Gasteiger partial charge on any atom is -0.480 e. The molecule has 20 heavy (non-hydrogen) atoms. The minimum atomic E-state index is -0.669. The molecule has 1 aliphatic heterocycles. The fourth-order valence-corrected chi connectivity index (χ4v) is 3.27. The van der Waals surface area contributed by atoms with Crippen molar-refractivity contribution in [3.05, 3.63) is 18.0 Å². The summed E-state index contributed by atoms with van der Waals surface area (Å²) in [7, 11) is 0. The van der Waals surface area contributed by atoms with Crippen LogP contribution in [0.4, 0.5) is 0 Å². The number of likely N-dealkylation sites (tertiary alicyclic amines) is 1. The largest absolute Gasteiger partial charge is 0.480 e. The Morgan fingerprint density at radius 1 is 1.45 bits per heavy atom. The normalized spacial score (nSPS) is 23.3. The molecule has 5 nitrogen and oxygen atoms in total. The van der Waals surface area contributed by atoms with Crippen LogP contribution in [0.3, 0.4) is 0 Å². The number of carbonyl (C=O) groups is 1. The Balaban J connectivity index is 2.11. The van der Waals surface area contributed by atoms with Gasteiger partial charge in [0.1, 0.15) is 5.54 Å². The van der Waals surface area contributed by atoms with Crippen LogP contribution < -0.4 is 0 Å². The molecule has 1 N–H and O–H groups in total. The fourth-order valence-electron chi connectivity index (χ4n) is 3.27. The quantitative estimate of drug-likeness (QED) is 0.833. The number of aliphatic carboxylic acids is 1. The standard InChI is InChI=1S/C15H25N3O2/c1-3-6-15(14(19)20)7-5-9-17(15)11-13-10-16-18(12-13)8-4-2/h10,12H,3-9,11H2,1-2H3,(H,19,20). The molecule has 2 heterocycles. The molecule has 1 aromatic rings. The molecule has 0 aliphatic carbocycles. The number of carboxylic acids is 1. The highest BCUT2D eigenvalue weighted by molar-refractivity contribution is 5.79. The highest BCUT2D eigenvalue weighted by atomic mass is 16.4. The molecule has 1 aromatic heterocycles. The molecule has 2 rings (SSSR count). The summed E-state index contributed by atoms with van der Waals surface area (Å²) in [5.41, 5.74) is 0.448. The molecule has 5 heteroatoms. The Kier molecular flexibility index (Phi) is 4.81. The van der Waals surface area contributed by atoms with Gasteiger partial charge in [0.15, 0.2) is 0 Å². The second kappa shape index (κ2) is 6.39. The lowest BCUT2D eigenvalue weighted by Gasteiger charge is -2.34. The van der Waals surface area contributed by atoms with Gasteiger partial charge in [0.05, 0.1) is 6.20 Å². The van der Waals surface area contributed by atoms with Gasteiger partial charge in [0.25, 0.3) is 0 Å². The smallest absolute Gasteiger partial charge is 0.324 e. The van der Waals surface area contributed by atoms with E-state index in [2.05, 4.69) is 23.8 Å². The second-order valence-electron chi connectivity index (χ2n) is 5.72. The van der Waals surface area contributed by atoms with E-state index in [-0.39, 0.29) is 0 Å². The Morgan fingerprint density at radius 3 is 2.90 bits per heavy atom. The Morgan fingerprint density at radius 2 is 2.25 bits per heavy atom. The lowest BCUT2D eigenvalue weighted by Crippen LogP contribution is -2.49. The van der Waals surface area contributed by atoms with E-state index in [9.17, 15) is 9.90 Å². The molecule has 1 saturated heterocycles. The Hall–Kier alpha value is -1.36. The molecule has 0 saturated carbocycles. The number of nitrogens with zero attached hydrogens (tertiary/aromatic N) is 3. The van der Waals surface area contributed by atoms with Crippen LogP contribution in [-0.4, -0.2) is 37.8 Å². The van der Waals surface area contributed by atoms with Gasteiger partial charge >= 0.3 is 5.97 Å². The molecule has 1 unspecified atom stereocenters. The van der Waals surface area contributed by atoms with Crippen LogP contribution in [0.1, 0.15) is 51.5 Å². The van der Waals surface area contributed by atoms with Gasteiger partial charge in [0.2, 0.25) is 0 Å². The van der Waals surface area contributed by atoms with Crippen LogP contribution in [0, 0.1) is 0 Å². The molecule has 1 atom stereocenters. The van der Waals surface area contributed by atoms with Crippen molar-refractivity contribution < 1.29 is 9.90 Å². The van der Waals surface area contributed by atoms with Crippen LogP contribution in [0.2, 0.25) is 0 Å². The lowest BCUT2D eigenvalue weighted by molar-refractivity contribution is -0.150. The van der Waals surface area contributed by atoms with Crippen LogP contribution in [0.25, 0.3) is 0 Å². The fraction of sp³-hybridized carbons (Fsp3) is 0.733. The first-order chi connectivity index (χ1) is 9.62. The summed E-state index contributed by atoms with van der Waals surface area (Å²) >= 11 is 0. The van der Waals surface area contributed by atoms with Crippen molar-refractivity contribution in [1.29, 1.82) is 0 Å². The van der Waals surface area contributed by atoms with E-state index in [1.165, 1.54) is 0 Å². The van der Waals surface area contributed by atoms with E-state index < -0.39 is 11.5 Å². The van der Waals surface area contributed by atoms with E-state index >= 15 is 0 Å². The SMILES string of the molecule is CCCn1cc(CN2CCCC2(CCC)C(=O)O)cn1. The highest BCUT2D eigenvalue weighted by Gasteiger charge is 2.46. The third-order valence-corrected chi connectivity index (χ3v) is 4.20. The van der Waals surface area contributed by atoms with E-state index in [0.717, 1.165) is 50.8 Å². The zero-order valence-corrected chi connectivity index (χ0v) is 12.5. The van der Waals surface area contributed by atoms with E-state index in [1.54, 1.807) is 0 Å². The molecule has 1 fully saturated rings. The molecule has 0 spiro atoms. The van der Waals surface area contributed by atoms with Gasteiger partial charge in [-0.2, -0.15) is 5.10 Å². The molecule has 0 aromatic carbocycles. The first-order valence-corrected chi connectivity index (χ1v) is 7.62. The van der Waals surface area contributed by atoms with Crippen molar-refractivity contribution in [3.63, 3.8) is 0 Å². The van der Waals surface area contributed by atoms with E-state index in [1.807, 2.05) is 17.1 Å². The maximum atomic E-state index is 11.8. The summed E-state index contributed by atoms with van der Waals surface area (Å²) in [6, 6.07) is 0. The van der Waals surface area contributed by atoms with E-state index in [0.29, 0.717) is 6.54 Å². The molecule has 1 aliphatic rings. The monoisotopic (exact) mass is 279 g/mol. The van der Waals surface area contributed by atoms with Crippen LogP contribution in [-0.2, 0) is 17.9 Å². The molecular formula is C15H25N3O2. The third-order valence-electron chi connectivity index (χ3n) is 4.20. The maximum absolute atomic E-state index is 11.8. The van der Waals surface area contributed by atoms with Crippen molar-refractivity contribution in [2.24, 2.45) is 0 Å². The third kappa shape index (κ3) is 2.87. The average Bonchev–Trinajstić information content (AvgIpc) is 3.00. The summed E-state index contributed by atoms with van der Waals surface area (Å²) in [4.78, 5) is 13.9. The first-order valence-electron chi connectivity index (χ1n) is 7.62. The molecular weight excluding hydrogens is 254 g/mol. The number of hydrogen-bond acceptors (Lipinski definition) is 3. The van der Waals surface area contributed by atoms with Crippen LogP contribution in [0.5, 0.6) is 0 Å². The topological polar surface area (TPSA) is 58.4 Å². The molecule has 0 bridgehead atoms. The van der Waals surface area contributed by atoms with Gasteiger partial charge in [-0.1, -0.05) is 20.3 Å². The predicted octanol–water partition coefficient (Wildman–Crippen LogP) is 2.51. The van der Waals surface area contributed by atoms with Gasteiger partial charge in [-0.25, -0.2) is 0 Å². The van der Waals surface area contributed by atoms with E-state index in [4.69, 9.17) is 0 Å². The van der Waals surface area contributed by atoms with Crippen molar-refractivity contribution in [2.45, 2.75) is 64.6 Å². The van der Waals surface area contributed by atoms with Crippen molar-refractivity contribution in [3.8, 4) is 0 Å². The number of carboxylic acid groups (broad SMARTS) is 1. The second-order valence-corrected chi connectivity index (χ2v) is 5.72. The maximum Gasteiger partial charge on any atom is 0.324 e. The van der Waals surface area contributed by atoms with Gasteiger partial charge < -0.3 is 5.11 Å². The molecule has 0 amide bonds. The number of aromatic nitrogens is 2. The van der Waals surface area contributed by atoms with Gasteiger partial charge in [-0.15, -0.1) is 0 Å². The summed E-state index contributed by atoms with van der Waals surface area (Å²) in [6.45, 7) is 6.65. The summed E-state index contributed by atoms with van der Waals surface area (Å²) < 4.78 is 1.94. The number of aryl methyl sites for hydroxylation is 1. The Bertz CT molecular complexity index is 458. The van der Waals surface area contributed by atoms with Crippen LogP contribution in [0.15, 0.2) is 12.4 Å². The minimum absolute atomic E-state index is 0.665. The van der Waals surface area contributed by atoms with Crippen LogP contribution >= 0.6 is 0 Å². The number of rotatable bonds is 7. The number of hydrogen-bond donors (Lipinski definition) is 1. The van der Waals surface area contributed by atoms with Gasteiger partial charge in [-0.05, 0) is 32.2 Å². The summed E-state index contributed by atoms with van der Waals surface area (Å²) in [5, 5.41) is 14.0. The molecule has 112 valence electrons. The Labute approximate surface area is 120 Å². The van der Waals surface area contributed by atoms with Crippen molar-refractivity contribution in [2.75, 3.05) is 6.54 Å². The first kappa shape index (κ1) is 15.0. The summed E-state index contributed by atoms with van der Waals surface area (Å²) in [6.07, 6.45) is 8.32.